The number of alkyl carbamates (subject to hydrolysis) is 1. The molecule has 3 atom stereocenters. The lowest BCUT2D eigenvalue weighted by atomic mass is 9.73. The van der Waals surface area contributed by atoms with Crippen molar-refractivity contribution in [3.63, 3.8) is 0 Å². The summed E-state index contributed by atoms with van der Waals surface area (Å²) in [6.07, 6.45) is 7.49. The molecule has 0 radical (unpaired) electrons. The highest BCUT2D eigenvalue weighted by Gasteiger charge is 2.48. The van der Waals surface area contributed by atoms with Crippen LogP contribution in [0.25, 0.3) is 0 Å². The molecule has 0 aromatic heterocycles. The normalized spacial score (nSPS) is 30.5. The number of carbonyl (C=O) groups is 2. The van der Waals surface area contributed by atoms with Gasteiger partial charge in [0, 0.05) is 24.2 Å². The number of nitrogens with one attached hydrogen (secondary N) is 2. The van der Waals surface area contributed by atoms with Crippen LogP contribution >= 0.6 is 0 Å². The highest BCUT2D eigenvalue weighted by atomic mass is 16.6. The average Bonchev–Trinajstić information content (AvgIpc) is 3.29. The van der Waals surface area contributed by atoms with Gasteiger partial charge in [-0.3, -0.25) is 4.79 Å². The van der Waals surface area contributed by atoms with Gasteiger partial charge in [-0.15, -0.1) is 0 Å². The van der Waals surface area contributed by atoms with Crippen molar-refractivity contribution >= 4 is 17.7 Å². The molecule has 5 rings (SSSR count). The SMILES string of the molecule is O=C(NC1CCCCC(N2CCC3(CC2)C(=O)Nc2ccccc23)C1)O[C@H]1CCOC1. The number of amides is 2. The third-order valence-corrected chi connectivity index (χ3v) is 7.67. The first-order chi connectivity index (χ1) is 15.1. The summed E-state index contributed by atoms with van der Waals surface area (Å²) >= 11 is 0. The standard InChI is InChI=1S/C24H33N3O4/c28-22-24(20-7-3-4-8-21(20)26-22)10-12-27(13-11-24)18-6-2-1-5-17(15-18)25-23(29)31-19-9-14-30-16-19/h3-4,7-8,17-19H,1-2,5-6,9-16H2,(H,25,29)(H,26,28)/t17?,18?,19-/m0/s1. The van der Waals surface area contributed by atoms with E-state index in [0.717, 1.165) is 63.7 Å². The first-order valence-corrected chi connectivity index (χ1v) is 11.8. The minimum absolute atomic E-state index is 0.111. The summed E-state index contributed by atoms with van der Waals surface area (Å²) < 4.78 is 10.8. The Kier molecular flexibility index (Phi) is 5.89. The molecule has 2 amide bonds. The van der Waals surface area contributed by atoms with Gasteiger partial charge in [0.15, 0.2) is 0 Å². The van der Waals surface area contributed by atoms with E-state index in [1.54, 1.807) is 0 Å². The molecule has 3 aliphatic heterocycles. The summed E-state index contributed by atoms with van der Waals surface area (Å²) in [5.41, 5.74) is 1.77. The summed E-state index contributed by atoms with van der Waals surface area (Å²) in [6.45, 7) is 3.02. The van der Waals surface area contributed by atoms with Crippen LogP contribution in [0.15, 0.2) is 24.3 Å². The summed E-state index contributed by atoms with van der Waals surface area (Å²) in [4.78, 5) is 27.8. The average molecular weight is 428 g/mol. The van der Waals surface area contributed by atoms with Gasteiger partial charge in [0.05, 0.1) is 18.6 Å². The molecule has 7 nitrogen and oxygen atoms in total. The molecule has 1 saturated carbocycles. The fourth-order valence-electron chi connectivity index (χ4n) is 5.90. The van der Waals surface area contributed by atoms with Gasteiger partial charge in [0.1, 0.15) is 6.10 Å². The third kappa shape index (κ3) is 4.17. The lowest BCUT2D eigenvalue weighted by molar-refractivity contribution is -0.122. The molecular weight excluding hydrogens is 394 g/mol. The van der Waals surface area contributed by atoms with Crippen molar-refractivity contribution in [3.8, 4) is 0 Å². The molecule has 2 saturated heterocycles. The van der Waals surface area contributed by atoms with Crippen molar-refractivity contribution in [3.05, 3.63) is 29.8 Å². The molecule has 1 spiro atoms. The highest BCUT2D eigenvalue weighted by molar-refractivity contribution is 6.06. The second-order valence-electron chi connectivity index (χ2n) is 9.52. The Labute approximate surface area is 183 Å². The van der Waals surface area contributed by atoms with E-state index in [-0.39, 0.29) is 29.6 Å². The predicted molar refractivity (Wildman–Crippen MR) is 117 cm³/mol. The van der Waals surface area contributed by atoms with Crippen LogP contribution in [0.5, 0.6) is 0 Å². The number of para-hydroxylation sites is 1. The molecule has 3 heterocycles. The molecule has 4 aliphatic rings. The molecule has 2 N–H and O–H groups in total. The van der Waals surface area contributed by atoms with Crippen molar-refractivity contribution in [1.29, 1.82) is 0 Å². The topological polar surface area (TPSA) is 79.9 Å². The zero-order chi connectivity index (χ0) is 21.3. The van der Waals surface area contributed by atoms with Crippen LogP contribution in [0.3, 0.4) is 0 Å². The molecule has 1 aromatic carbocycles. The number of nitrogens with zero attached hydrogens (tertiary/aromatic N) is 1. The smallest absolute Gasteiger partial charge is 0.407 e. The van der Waals surface area contributed by atoms with Gasteiger partial charge in [-0.05, 0) is 56.8 Å². The maximum absolute atomic E-state index is 12.9. The first kappa shape index (κ1) is 20.8. The van der Waals surface area contributed by atoms with Crippen molar-refractivity contribution in [2.45, 2.75) is 75.0 Å². The fourth-order valence-corrected chi connectivity index (χ4v) is 5.90. The number of benzene rings is 1. The number of anilines is 1. The molecule has 168 valence electrons. The van der Waals surface area contributed by atoms with Gasteiger partial charge in [-0.2, -0.15) is 0 Å². The first-order valence-electron chi connectivity index (χ1n) is 11.8. The van der Waals surface area contributed by atoms with Gasteiger partial charge in [0.2, 0.25) is 5.91 Å². The highest BCUT2D eigenvalue weighted by Crippen LogP contribution is 2.45. The van der Waals surface area contributed by atoms with E-state index in [1.165, 1.54) is 12.0 Å². The van der Waals surface area contributed by atoms with Crippen LogP contribution in [0.2, 0.25) is 0 Å². The van der Waals surface area contributed by atoms with Gasteiger partial charge < -0.3 is 25.0 Å². The molecule has 2 unspecified atom stereocenters. The molecule has 1 aliphatic carbocycles. The van der Waals surface area contributed by atoms with E-state index in [1.807, 2.05) is 18.2 Å². The summed E-state index contributed by atoms with van der Waals surface area (Å²) in [7, 11) is 0. The van der Waals surface area contributed by atoms with E-state index in [0.29, 0.717) is 19.3 Å². The molecule has 3 fully saturated rings. The number of likely N-dealkylation sites (tertiary alicyclic amines) is 1. The number of piperidine rings is 1. The second-order valence-corrected chi connectivity index (χ2v) is 9.52. The van der Waals surface area contributed by atoms with Crippen LogP contribution in [0.4, 0.5) is 10.5 Å². The van der Waals surface area contributed by atoms with Crippen molar-refractivity contribution in [1.82, 2.24) is 10.2 Å². The Balaban J connectivity index is 1.19. The van der Waals surface area contributed by atoms with E-state index in [9.17, 15) is 9.59 Å². The fraction of sp³-hybridized carbons (Fsp3) is 0.667. The van der Waals surface area contributed by atoms with E-state index < -0.39 is 0 Å². The number of fused-ring (bicyclic) bond motifs is 2. The molecule has 1 aromatic rings. The minimum atomic E-state index is -0.372. The van der Waals surface area contributed by atoms with Crippen molar-refractivity contribution in [2.24, 2.45) is 0 Å². The van der Waals surface area contributed by atoms with Crippen LogP contribution in [-0.4, -0.2) is 61.4 Å². The van der Waals surface area contributed by atoms with Crippen LogP contribution in [0, 0.1) is 0 Å². The van der Waals surface area contributed by atoms with Gasteiger partial charge in [-0.25, -0.2) is 4.79 Å². The minimum Gasteiger partial charge on any atom is -0.444 e. The van der Waals surface area contributed by atoms with Crippen LogP contribution < -0.4 is 10.6 Å². The predicted octanol–water partition coefficient (Wildman–Crippen LogP) is 3.19. The maximum atomic E-state index is 12.9. The Morgan fingerprint density at radius 3 is 2.77 bits per heavy atom. The molecular formula is C24H33N3O4. The lowest BCUT2D eigenvalue weighted by Crippen LogP contribution is -2.51. The van der Waals surface area contributed by atoms with Gasteiger partial charge in [-0.1, -0.05) is 31.0 Å². The lowest BCUT2D eigenvalue weighted by Gasteiger charge is -2.42. The molecule has 0 bridgehead atoms. The number of rotatable bonds is 3. The Bertz CT molecular complexity index is 815. The summed E-state index contributed by atoms with van der Waals surface area (Å²) in [5, 5.41) is 6.21. The number of carbonyl (C=O) groups excluding carboxylic acids is 2. The van der Waals surface area contributed by atoms with Gasteiger partial charge >= 0.3 is 6.09 Å². The maximum Gasteiger partial charge on any atom is 0.407 e. The molecule has 7 heteroatoms. The van der Waals surface area contributed by atoms with E-state index >= 15 is 0 Å². The van der Waals surface area contributed by atoms with Crippen molar-refractivity contribution < 1.29 is 19.1 Å². The number of hydrogen-bond donors (Lipinski definition) is 2. The van der Waals surface area contributed by atoms with Crippen molar-refractivity contribution in [2.75, 3.05) is 31.6 Å². The third-order valence-electron chi connectivity index (χ3n) is 7.67. The van der Waals surface area contributed by atoms with Crippen LogP contribution in [0.1, 0.15) is 56.9 Å². The quantitative estimate of drug-likeness (QED) is 0.725. The Morgan fingerprint density at radius 1 is 1.16 bits per heavy atom. The van der Waals surface area contributed by atoms with E-state index in [2.05, 4.69) is 21.6 Å². The second kappa shape index (κ2) is 8.79. The van der Waals surface area contributed by atoms with Gasteiger partial charge in [0.25, 0.3) is 0 Å². The Morgan fingerprint density at radius 2 is 1.97 bits per heavy atom. The number of ether oxygens (including phenoxy) is 2. The largest absolute Gasteiger partial charge is 0.444 e. The van der Waals surface area contributed by atoms with E-state index in [4.69, 9.17) is 9.47 Å². The summed E-state index contributed by atoms with van der Waals surface area (Å²) in [5.74, 6) is 0.160. The monoisotopic (exact) mass is 427 g/mol. The van der Waals surface area contributed by atoms with Crippen LogP contribution in [-0.2, 0) is 19.7 Å². The summed E-state index contributed by atoms with van der Waals surface area (Å²) in [6, 6.07) is 8.72. The zero-order valence-electron chi connectivity index (χ0n) is 18.1. The molecule has 31 heavy (non-hydrogen) atoms. The number of hydrogen-bond acceptors (Lipinski definition) is 5. The Hall–Kier alpha value is -2.12. The zero-order valence-corrected chi connectivity index (χ0v) is 18.1.